The van der Waals surface area contributed by atoms with E-state index in [0.717, 1.165) is 0 Å². The summed E-state index contributed by atoms with van der Waals surface area (Å²) in [5.74, 6) is -1.51. The summed E-state index contributed by atoms with van der Waals surface area (Å²) < 4.78 is 0. The first-order valence-corrected chi connectivity index (χ1v) is 3.52. The number of hydrogen-bond donors (Lipinski definition) is 5. The fourth-order valence-corrected chi connectivity index (χ4v) is 0.698. The van der Waals surface area contributed by atoms with Crippen molar-refractivity contribution in [3.8, 4) is 0 Å². The Morgan fingerprint density at radius 2 is 1.83 bits per heavy atom. The van der Waals surface area contributed by atoms with Gasteiger partial charge >= 0.3 is 0 Å². The third-order valence-corrected chi connectivity index (χ3v) is 1.65. The topological polar surface area (TPSA) is 130 Å². The Labute approximate surface area is 72.2 Å². The lowest BCUT2D eigenvalue weighted by atomic mass is 10.0. The highest BCUT2D eigenvalue weighted by atomic mass is 15.1. The summed E-state index contributed by atoms with van der Waals surface area (Å²) in [6.45, 7) is 5.22. The molecule has 0 aromatic carbocycles. The molecule has 0 spiro atoms. The zero-order valence-electron chi connectivity index (χ0n) is 7.25. The molecule has 0 rings (SSSR count). The van der Waals surface area contributed by atoms with E-state index in [0.29, 0.717) is 5.57 Å². The molecule has 5 nitrogen and oxygen atoms in total. The number of hydrogen-bond acceptors (Lipinski definition) is 5. The van der Waals surface area contributed by atoms with Gasteiger partial charge in [-0.25, -0.2) is 0 Å². The molecule has 0 saturated heterocycles. The summed E-state index contributed by atoms with van der Waals surface area (Å²) in [4.78, 5) is 0. The van der Waals surface area contributed by atoms with Crippen molar-refractivity contribution in [3.05, 3.63) is 23.9 Å². The Balaban J connectivity index is 4.81. The van der Waals surface area contributed by atoms with E-state index in [1.54, 1.807) is 6.92 Å². The van der Waals surface area contributed by atoms with Crippen LogP contribution < -0.4 is 28.7 Å². The van der Waals surface area contributed by atoms with Crippen LogP contribution in [-0.2, 0) is 0 Å². The summed E-state index contributed by atoms with van der Waals surface area (Å²) in [7, 11) is 0. The van der Waals surface area contributed by atoms with Crippen LogP contribution in [-0.4, -0.2) is 11.8 Å². The monoisotopic (exact) mass is 171 g/mol. The summed E-state index contributed by atoms with van der Waals surface area (Å²) in [6.07, 6.45) is 1.54. The minimum Gasteiger partial charge on any atom is -0.398 e. The molecule has 0 aromatic rings. The van der Waals surface area contributed by atoms with Crippen LogP contribution in [0.5, 0.6) is 0 Å². The molecule has 10 N–H and O–H groups in total. The average Bonchev–Trinajstić information content (AvgIpc) is 1.98. The summed E-state index contributed by atoms with van der Waals surface area (Å²) >= 11 is 0. The van der Waals surface area contributed by atoms with Gasteiger partial charge in [0.2, 0.25) is 0 Å². The van der Waals surface area contributed by atoms with E-state index in [4.69, 9.17) is 28.7 Å². The fraction of sp³-hybridized carbons (Fsp3) is 0.429. The van der Waals surface area contributed by atoms with Crippen molar-refractivity contribution in [1.29, 1.82) is 0 Å². The zero-order chi connectivity index (χ0) is 9.94. The van der Waals surface area contributed by atoms with E-state index < -0.39 is 5.79 Å². The van der Waals surface area contributed by atoms with Gasteiger partial charge in [0.05, 0.1) is 5.70 Å². The largest absolute Gasteiger partial charge is 0.398 e. The van der Waals surface area contributed by atoms with Crippen molar-refractivity contribution < 1.29 is 0 Å². The van der Waals surface area contributed by atoms with Crippen LogP contribution in [0.1, 0.15) is 6.92 Å². The Morgan fingerprint density at radius 3 is 2.08 bits per heavy atom. The second-order valence-electron chi connectivity index (χ2n) is 2.79. The van der Waals surface area contributed by atoms with Crippen LogP contribution >= 0.6 is 0 Å². The van der Waals surface area contributed by atoms with Crippen molar-refractivity contribution in [2.75, 3.05) is 0 Å². The molecular formula is C7H17N5. The van der Waals surface area contributed by atoms with Crippen molar-refractivity contribution in [2.45, 2.75) is 18.8 Å². The SMILES string of the molecule is C=C[C@@H](N)/C(C)=C(\N)C(N)(N)N. The Kier molecular flexibility index (Phi) is 3.41. The van der Waals surface area contributed by atoms with Gasteiger partial charge in [-0.15, -0.1) is 6.58 Å². The molecule has 0 aromatic heterocycles. The van der Waals surface area contributed by atoms with E-state index in [2.05, 4.69) is 6.58 Å². The molecule has 0 fully saturated rings. The van der Waals surface area contributed by atoms with E-state index in [1.165, 1.54) is 6.08 Å². The van der Waals surface area contributed by atoms with Crippen LogP contribution in [0, 0.1) is 0 Å². The smallest absolute Gasteiger partial charge is 0.157 e. The molecule has 12 heavy (non-hydrogen) atoms. The molecule has 0 radical (unpaired) electrons. The lowest BCUT2D eigenvalue weighted by molar-refractivity contribution is 0.529. The van der Waals surface area contributed by atoms with Gasteiger partial charge in [0.1, 0.15) is 0 Å². The van der Waals surface area contributed by atoms with Crippen LogP contribution in [0.4, 0.5) is 0 Å². The molecule has 0 aliphatic heterocycles. The van der Waals surface area contributed by atoms with Gasteiger partial charge < -0.3 is 11.5 Å². The molecule has 0 unspecified atom stereocenters. The third-order valence-electron chi connectivity index (χ3n) is 1.65. The van der Waals surface area contributed by atoms with Gasteiger partial charge in [0.25, 0.3) is 0 Å². The van der Waals surface area contributed by atoms with E-state index in [-0.39, 0.29) is 11.7 Å². The van der Waals surface area contributed by atoms with Crippen molar-refractivity contribution in [3.63, 3.8) is 0 Å². The maximum atomic E-state index is 5.59. The quantitative estimate of drug-likeness (QED) is 0.254. The van der Waals surface area contributed by atoms with E-state index in [1.807, 2.05) is 0 Å². The fourth-order valence-electron chi connectivity index (χ4n) is 0.698. The van der Waals surface area contributed by atoms with Crippen molar-refractivity contribution >= 4 is 0 Å². The molecule has 0 saturated carbocycles. The normalized spacial score (nSPS) is 16.8. The molecule has 70 valence electrons. The Morgan fingerprint density at radius 1 is 1.42 bits per heavy atom. The number of nitrogens with two attached hydrogens (primary N) is 5. The highest BCUT2D eigenvalue weighted by Gasteiger charge is 2.19. The summed E-state index contributed by atoms with van der Waals surface area (Å²) in [5, 5.41) is 0. The first-order valence-electron chi connectivity index (χ1n) is 3.52. The first-order chi connectivity index (χ1) is 5.30. The highest BCUT2D eigenvalue weighted by molar-refractivity contribution is 5.25. The van der Waals surface area contributed by atoms with Gasteiger partial charge in [0.15, 0.2) is 5.79 Å². The van der Waals surface area contributed by atoms with Crippen LogP contribution in [0.15, 0.2) is 23.9 Å². The Hall–Kier alpha value is -0.880. The summed E-state index contributed by atoms with van der Waals surface area (Å²) in [5.41, 5.74) is 28.0. The van der Waals surface area contributed by atoms with Crippen LogP contribution in [0.2, 0.25) is 0 Å². The lowest BCUT2D eigenvalue weighted by Gasteiger charge is -2.23. The van der Waals surface area contributed by atoms with Crippen molar-refractivity contribution in [2.24, 2.45) is 28.7 Å². The van der Waals surface area contributed by atoms with Crippen molar-refractivity contribution in [1.82, 2.24) is 0 Å². The third kappa shape index (κ3) is 2.63. The molecule has 1 atom stereocenters. The van der Waals surface area contributed by atoms with Gasteiger partial charge in [-0.2, -0.15) is 0 Å². The van der Waals surface area contributed by atoms with Gasteiger partial charge in [-0.3, -0.25) is 17.2 Å². The molecule has 0 amide bonds. The second-order valence-corrected chi connectivity index (χ2v) is 2.79. The van der Waals surface area contributed by atoms with E-state index >= 15 is 0 Å². The minimum absolute atomic E-state index is 0.190. The van der Waals surface area contributed by atoms with Gasteiger partial charge in [-0.1, -0.05) is 6.08 Å². The van der Waals surface area contributed by atoms with Gasteiger partial charge in [-0.05, 0) is 12.5 Å². The maximum absolute atomic E-state index is 5.59. The Bertz CT molecular complexity index is 200. The second kappa shape index (κ2) is 3.68. The average molecular weight is 171 g/mol. The molecule has 0 aliphatic rings. The number of rotatable bonds is 3. The molecule has 5 heteroatoms. The van der Waals surface area contributed by atoms with Crippen LogP contribution in [0.25, 0.3) is 0 Å². The van der Waals surface area contributed by atoms with E-state index in [9.17, 15) is 0 Å². The molecule has 0 heterocycles. The standard InChI is InChI=1S/C7H17N5/c1-3-5(8)4(2)6(9)7(10,11)12/h3,5H,1,8-12H2,2H3/b6-4-/t5-/m1/s1. The highest BCUT2D eigenvalue weighted by Crippen LogP contribution is 2.06. The predicted molar refractivity (Wildman–Crippen MR) is 50.4 cm³/mol. The maximum Gasteiger partial charge on any atom is 0.157 e. The van der Waals surface area contributed by atoms with Crippen LogP contribution in [0.3, 0.4) is 0 Å². The minimum atomic E-state index is -1.51. The molecular weight excluding hydrogens is 154 g/mol. The molecule has 0 aliphatic carbocycles. The lowest BCUT2D eigenvalue weighted by Crippen LogP contribution is -2.62. The zero-order valence-corrected chi connectivity index (χ0v) is 7.25. The predicted octanol–water partition coefficient (Wildman–Crippen LogP) is -1.74. The van der Waals surface area contributed by atoms with Gasteiger partial charge in [0, 0.05) is 6.04 Å². The molecule has 0 bridgehead atoms. The first kappa shape index (κ1) is 11.1. The summed E-state index contributed by atoms with van der Waals surface area (Å²) in [6, 6.07) is -0.361.